The molecule has 0 spiro atoms. The summed E-state index contributed by atoms with van der Waals surface area (Å²) in [6.07, 6.45) is 8.70. The van der Waals surface area contributed by atoms with E-state index in [1.807, 2.05) is 6.07 Å². The van der Waals surface area contributed by atoms with Gasteiger partial charge in [-0.05, 0) is 44.2 Å². The predicted octanol–water partition coefficient (Wildman–Crippen LogP) is 4.93. The number of ether oxygens (including phenoxy) is 1. The van der Waals surface area contributed by atoms with E-state index in [-0.39, 0.29) is 18.0 Å². The zero-order valence-corrected chi connectivity index (χ0v) is 15.7. The second-order valence-electron chi connectivity index (χ2n) is 6.75. The molecule has 1 saturated carbocycles. The van der Waals surface area contributed by atoms with Crippen LogP contribution >= 0.6 is 11.6 Å². The van der Waals surface area contributed by atoms with E-state index < -0.39 is 0 Å². The van der Waals surface area contributed by atoms with Gasteiger partial charge in [0.1, 0.15) is 11.3 Å². The molecule has 3 rings (SSSR count). The van der Waals surface area contributed by atoms with Crippen LogP contribution in [-0.2, 0) is 9.53 Å². The molecule has 1 aliphatic rings. The summed E-state index contributed by atoms with van der Waals surface area (Å²) in [7, 11) is 0. The molecular formula is C19H24ClN3O3. The van der Waals surface area contributed by atoms with Gasteiger partial charge in [-0.3, -0.25) is 4.79 Å². The minimum absolute atomic E-state index is 0.0169. The van der Waals surface area contributed by atoms with E-state index in [0.717, 1.165) is 50.5 Å². The summed E-state index contributed by atoms with van der Waals surface area (Å²) in [5.74, 6) is 1.31. The van der Waals surface area contributed by atoms with E-state index in [1.165, 1.54) is 0 Å². The van der Waals surface area contributed by atoms with Crippen molar-refractivity contribution in [2.24, 2.45) is 0 Å². The summed E-state index contributed by atoms with van der Waals surface area (Å²) < 4.78 is 11.0. The van der Waals surface area contributed by atoms with Crippen molar-refractivity contribution in [1.82, 2.24) is 15.1 Å². The van der Waals surface area contributed by atoms with Crippen LogP contribution in [-0.4, -0.2) is 27.2 Å². The van der Waals surface area contributed by atoms with Crippen LogP contribution in [0.15, 0.2) is 22.9 Å². The number of halogens is 1. The van der Waals surface area contributed by atoms with Gasteiger partial charge in [0.2, 0.25) is 11.7 Å². The van der Waals surface area contributed by atoms with Crippen molar-refractivity contribution >= 4 is 17.6 Å². The van der Waals surface area contributed by atoms with Crippen LogP contribution in [0.5, 0.6) is 0 Å². The minimum Gasteiger partial charge on any atom is -0.462 e. The number of hydrogen-bond acceptors (Lipinski definition) is 6. The van der Waals surface area contributed by atoms with Crippen molar-refractivity contribution in [3.8, 4) is 11.4 Å². The molecular weight excluding hydrogens is 354 g/mol. The van der Waals surface area contributed by atoms with Crippen molar-refractivity contribution in [2.45, 2.75) is 70.3 Å². The molecule has 2 heterocycles. The second-order valence-corrected chi connectivity index (χ2v) is 7.13. The highest BCUT2D eigenvalue weighted by Crippen LogP contribution is 2.34. The lowest BCUT2D eigenvalue weighted by Gasteiger charge is -2.26. The molecule has 0 aromatic carbocycles. The third-order valence-corrected chi connectivity index (χ3v) is 4.96. The molecule has 0 unspecified atom stereocenters. The Bertz CT molecular complexity index is 709. The van der Waals surface area contributed by atoms with Crippen LogP contribution in [0.1, 0.15) is 70.1 Å². The van der Waals surface area contributed by atoms with Crippen molar-refractivity contribution in [1.29, 1.82) is 0 Å². The fourth-order valence-electron chi connectivity index (χ4n) is 3.22. The van der Waals surface area contributed by atoms with Crippen LogP contribution in [0.2, 0.25) is 5.15 Å². The highest BCUT2D eigenvalue weighted by molar-refractivity contribution is 6.29. The van der Waals surface area contributed by atoms with E-state index in [0.29, 0.717) is 23.3 Å². The molecule has 0 bridgehead atoms. The fraction of sp³-hybridized carbons (Fsp3) is 0.579. The van der Waals surface area contributed by atoms with Gasteiger partial charge in [-0.2, -0.15) is 4.98 Å². The maximum atomic E-state index is 11.8. The first kappa shape index (κ1) is 18.8. The topological polar surface area (TPSA) is 78.1 Å². The molecule has 0 radical (unpaired) electrons. The largest absolute Gasteiger partial charge is 0.462 e. The number of aromatic nitrogens is 3. The third kappa shape index (κ3) is 5.04. The number of pyridine rings is 1. The smallest absolute Gasteiger partial charge is 0.306 e. The van der Waals surface area contributed by atoms with Gasteiger partial charge in [-0.25, -0.2) is 4.98 Å². The molecule has 26 heavy (non-hydrogen) atoms. The van der Waals surface area contributed by atoms with Gasteiger partial charge in [-0.1, -0.05) is 36.5 Å². The monoisotopic (exact) mass is 377 g/mol. The van der Waals surface area contributed by atoms with E-state index in [4.69, 9.17) is 20.9 Å². The number of carbonyl (C=O) groups is 1. The number of nitrogens with zero attached hydrogens (tertiary/aromatic N) is 3. The summed E-state index contributed by atoms with van der Waals surface area (Å²) in [5.41, 5.74) is 0.777. The van der Waals surface area contributed by atoms with Gasteiger partial charge >= 0.3 is 5.97 Å². The lowest BCUT2D eigenvalue weighted by atomic mass is 9.87. The standard InChI is InChI=1S/C19H24ClN3O3/c1-2-3-4-5-17(24)25-15-9-6-13(7-10-15)19-22-18(23-26-19)14-8-11-16(20)21-12-14/h8,11-13,15H,2-7,9-10H2,1H3. The fourth-order valence-corrected chi connectivity index (χ4v) is 3.33. The highest BCUT2D eigenvalue weighted by Gasteiger charge is 2.28. The number of unbranched alkanes of at least 4 members (excludes halogenated alkanes) is 2. The maximum absolute atomic E-state index is 11.8. The molecule has 1 aliphatic carbocycles. The molecule has 0 N–H and O–H groups in total. The summed E-state index contributed by atoms with van der Waals surface area (Å²) >= 11 is 5.80. The van der Waals surface area contributed by atoms with Crippen molar-refractivity contribution in [3.63, 3.8) is 0 Å². The number of hydrogen-bond donors (Lipinski definition) is 0. The first-order valence-electron chi connectivity index (χ1n) is 9.30. The van der Waals surface area contributed by atoms with Crippen LogP contribution in [0.4, 0.5) is 0 Å². The Balaban J connectivity index is 1.49. The Morgan fingerprint density at radius 1 is 1.27 bits per heavy atom. The first-order chi connectivity index (χ1) is 12.7. The highest BCUT2D eigenvalue weighted by atomic mass is 35.5. The molecule has 0 aliphatic heterocycles. The molecule has 0 saturated heterocycles. The predicted molar refractivity (Wildman–Crippen MR) is 97.8 cm³/mol. The Kier molecular flexibility index (Phi) is 6.61. The third-order valence-electron chi connectivity index (χ3n) is 4.73. The molecule has 140 valence electrons. The van der Waals surface area contributed by atoms with Gasteiger partial charge in [0.15, 0.2) is 0 Å². The average molecular weight is 378 g/mol. The minimum atomic E-state index is -0.0720. The Morgan fingerprint density at radius 2 is 2.08 bits per heavy atom. The maximum Gasteiger partial charge on any atom is 0.306 e. The Hall–Kier alpha value is -1.95. The first-order valence-corrected chi connectivity index (χ1v) is 9.68. The number of esters is 1. The van der Waals surface area contributed by atoms with Crippen molar-refractivity contribution in [2.75, 3.05) is 0 Å². The normalized spacial score (nSPS) is 20.1. The number of rotatable bonds is 7. The summed E-state index contributed by atoms with van der Waals surface area (Å²) in [6, 6.07) is 3.52. The molecule has 7 heteroatoms. The molecule has 0 amide bonds. The van der Waals surface area contributed by atoms with Crippen molar-refractivity contribution in [3.05, 3.63) is 29.4 Å². The molecule has 0 atom stereocenters. The summed E-state index contributed by atoms with van der Waals surface area (Å²) in [6.45, 7) is 2.12. The van der Waals surface area contributed by atoms with E-state index in [9.17, 15) is 4.79 Å². The van der Waals surface area contributed by atoms with Crippen LogP contribution in [0, 0.1) is 0 Å². The lowest BCUT2D eigenvalue weighted by Crippen LogP contribution is -2.23. The van der Waals surface area contributed by atoms with Gasteiger partial charge in [-0.15, -0.1) is 0 Å². The molecule has 2 aromatic heterocycles. The van der Waals surface area contributed by atoms with E-state index in [2.05, 4.69) is 22.0 Å². The Morgan fingerprint density at radius 3 is 2.77 bits per heavy atom. The van der Waals surface area contributed by atoms with Gasteiger partial charge in [0.25, 0.3) is 0 Å². The zero-order chi connectivity index (χ0) is 18.4. The SMILES string of the molecule is CCCCCC(=O)OC1CCC(c2nc(-c3ccc(Cl)nc3)no2)CC1. The molecule has 2 aromatic rings. The van der Waals surface area contributed by atoms with E-state index in [1.54, 1.807) is 12.3 Å². The lowest BCUT2D eigenvalue weighted by molar-refractivity contribution is -0.150. The average Bonchev–Trinajstić information content (AvgIpc) is 3.13. The quantitative estimate of drug-likeness (QED) is 0.386. The molecule has 6 nitrogen and oxygen atoms in total. The van der Waals surface area contributed by atoms with Gasteiger partial charge < -0.3 is 9.26 Å². The molecule has 1 fully saturated rings. The van der Waals surface area contributed by atoms with Crippen LogP contribution in [0.25, 0.3) is 11.4 Å². The van der Waals surface area contributed by atoms with Crippen LogP contribution < -0.4 is 0 Å². The summed E-state index contributed by atoms with van der Waals surface area (Å²) in [5, 5.41) is 4.48. The number of carbonyl (C=O) groups excluding carboxylic acids is 1. The van der Waals surface area contributed by atoms with Gasteiger partial charge in [0.05, 0.1) is 0 Å². The second kappa shape index (κ2) is 9.12. The van der Waals surface area contributed by atoms with E-state index >= 15 is 0 Å². The van der Waals surface area contributed by atoms with Gasteiger partial charge in [0, 0.05) is 24.1 Å². The Labute approximate surface area is 158 Å². The van der Waals surface area contributed by atoms with Crippen LogP contribution in [0.3, 0.4) is 0 Å². The zero-order valence-electron chi connectivity index (χ0n) is 15.0. The van der Waals surface area contributed by atoms with Crippen molar-refractivity contribution < 1.29 is 14.1 Å². The summed E-state index contributed by atoms with van der Waals surface area (Å²) in [4.78, 5) is 20.4.